The molecule has 1 fully saturated rings. The fraction of sp³-hybridized carbons (Fsp3) is 0.350. The van der Waals surface area contributed by atoms with E-state index in [2.05, 4.69) is 25.5 Å². The van der Waals surface area contributed by atoms with Crippen LogP contribution in [0.15, 0.2) is 24.5 Å². The average molecular weight is 462 g/mol. The zero-order chi connectivity index (χ0) is 22.2. The Balaban J connectivity index is 1.56. The number of rotatable bonds is 6. The Hall–Kier alpha value is -2.82. The third-order valence-corrected chi connectivity index (χ3v) is 5.79. The number of carbonyl (C=O) groups excluding carboxylic acids is 1. The minimum Gasteiger partial charge on any atom is -0.494 e. The summed E-state index contributed by atoms with van der Waals surface area (Å²) in [6.45, 7) is 3.59. The molecule has 3 heterocycles. The van der Waals surface area contributed by atoms with E-state index in [0.717, 1.165) is 17.0 Å². The number of nitrogens with one attached hydrogen (secondary N) is 1. The Morgan fingerprint density at radius 1 is 1.26 bits per heavy atom. The normalized spacial score (nSPS) is 20.1. The van der Waals surface area contributed by atoms with Crippen LogP contribution < -0.4 is 14.8 Å². The Kier molecular flexibility index (Phi) is 5.78. The van der Waals surface area contributed by atoms with Gasteiger partial charge in [-0.1, -0.05) is 16.7 Å². The van der Waals surface area contributed by atoms with E-state index in [9.17, 15) is 9.90 Å². The largest absolute Gasteiger partial charge is 0.494 e. The number of aryl methyl sites for hydroxylation is 1. The maximum absolute atomic E-state index is 13.0. The van der Waals surface area contributed by atoms with Gasteiger partial charge in [0.1, 0.15) is 17.0 Å². The number of aromatic nitrogens is 4. The van der Waals surface area contributed by atoms with Gasteiger partial charge in [-0.15, -0.1) is 5.10 Å². The van der Waals surface area contributed by atoms with Crippen molar-refractivity contribution in [3.8, 4) is 22.1 Å². The molecule has 0 radical (unpaired) electrons. The summed E-state index contributed by atoms with van der Waals surface area (Å²) in [6.07, 6.45) is 3.94. The van der Waals surface area contributed by atoms with Crippen LogP contribution in [-0.2, 0) is 0 Å². The first-order chi connectivity index (χ1) is 14.7. The minimum absolute atomic E-state index is 0.108. The van der Waals surface area contributed by atoms with Gasteiger partial charge in [0.25, 0.3) is 11.1 Å². The van der Waals surface area contributed by atoms with Gasteiger partial charge in [-0.3, -0.25) is 15.1 Å². The number of halogens is 1. The van der Waals surface area contributed by atoms with Gasteiger partial charge in [0.05, 0.1) is 24.5 Å². The molecule has 3 aromatic heterocycles. The van der Waals surface area contributed by atoms with Gasteiger partial charge in [-0.25, -0.2) is 4.98 Å². The van der Waals surface area contributed by atoms with E-state index in [1.165, 1.54) is 19.5 Å². The molecule has 1 aliphatic rings. The van der Waals surface area contributed by atoms with Crippen molar-refractivity contribution in [2.75, 3.05) is 12.4 Å². The topological polar surface area (TPSA) is 119 Å². The lowest BCUT2D eigenvalue weighted by atomic mass is 9.79. The highest BCUT2D eigenvalue weighted by Crippen LogP contribution is 2.37. The zero-order valence-electron chi connectivity index (χ0n) is 17.0. The molecule has 11 heteroatoms. The molecular formula is C20H20ClN5O4S. The number of hydrogen-bond acceptors (Lipinski definition) is 9. The quantitative estimate of drug-likeness (QED) is 0.535. The molecule has 0 spiro atoms. The van der Waals surface area contributed by atoms with Crippen molar-refractivity contribution in [3.63, 3.8) is 0 Å². The summed E-state index contributed by atoms with van der Waals surface area (Å²) in [7, 11) is 1.52. The number of amides is 1. The molecule has 0 atom stereocenters. The van der Waals surface area contributed by atoms with Gasteiger partial charge in [-0.05, 0) is 37.3 Å². The van der Waals surface area contributed by atoms with Crippen molar-refractivity contribution < 1.29 is 19.4 Å². The van der Waals surface area contributed by atoms with Crippen LogP contribution in [0.25, 0.3) is 11.1 Å². The summed E-state index contributed by atoms with van der Waals surface area (Å²) in [5.74, 6) is 0.0683. The minimum atomic E-state index is -0.696. The summed E-state index contributed by atoms with van der Waals surface area (Å²) >= 11 is 7.19. The van der Waals surface area contributed by atoms with Gasteiger partial charge in [0.2, 0.25) is 5.13 Å². The van der Waals surface area contributed by atoms with Crippen LogP contribution in [0.4, 0.5) is 5.13 Å². The first-order valence-corrected chi connectivity index (χ1v) is 10.6. The number of methoxy groups -OCH3 is 1. The fourth-order valence-electron chi connectivity index (χ4n) is 3.37. The van der Waals surface area contributed by atoms with Crippen molar-refractivity contribution in [2.45, 2.75) is 38.4 Å². The predicted octanol–water partition coefficient (Wildman–Crippen LogP) is 3.51. The number of aliphatic hydroxyl groups is 1. The summed E-state index contributed by atoms with van der Waals surface area (Å²) < 4.78 is 11.1. The van der Waals surface area contributed by atoms with Gasteiger partial charge >= 0.3 is 0 Å². The van der Waals surface area contributed by atoms with Crippen LogP contribution in [0.5, 0.6) is 10.9 Å². The van der Waals surface area contributed by atoms with E-state index in [4.69, 9.17) is 21.1 Å². The lowest BCUT2D eigenvalue weighted by Gasteiger charge is -2.39. The van der Waals surface area contributed by atoms with E-state index < -0.39 is 11.5 Å². The van der Waals surface area contributed by atoms with E-state index in [1.54, 1.807) is 19.1 Å². The van der Waals surface area contributed by atoms with Crippen LogP contribution in [-0.4, -0.2) is 50.0 Å². The molecule has 4 rings (SSSR count). The number of hydrogen-bond donors (Lipinski definition) is 2. The summed E-state index contributed by atoms with van der Waals surface area (Å²) in [5.41, 5.74) is 1.57. The van der Waals surface area contributed by atoms with E-state index >= 15 is 0 Å². The number of anilines is 1. The van der Waals surface area contributed by atoms with Crippen molar-refractivity contribution >= 4 is 34.0 Å². The molecule has 0 aliphatic heterocycles. The van der Waals surface area contributed by atoms with Crippen LogP contribution in [0.2, 0.25) is 5.15 Å². The number of nitrogens with zero attached hydrogens (tertiary/aromatic N) is 4. The SMILES string of the molecule is COc1cnc(Cl)cc1-c1cc(C)ncc1C(=O)Nc1nnc(OC2CC(C)(O)C2)s1. The van der Waals surface area contributed by atoms with E-state index in [-0.39, 0.29) is 16.4 Å². The molecule has 31 heavy (non-hydrogen) atoms. The molecule has 1 amide bonds. The second-order valence-electron chi connectivity index (χ2n) is 7.55. The fourth-order valence-corrected chi connectivity index (χ4v) is 4.19. The monoisotopic (exact) mass is 461 g/mol. The zero-order valence-corrected chi connectivity index (χ0v) is 18.6. The Morgan fingerprint density at radius 3 is 2.74 bits per heavy atom. The molecule has 162 valence electrons. The Morgan fingerprint density at radius 2 is 2.03 bits per heavy atom. The highest BCUT2D eigenvalue weighted by Gasteiger charge is 2.40. The van der Waals surface area contributed by atoms with Crippen molar-refractivity contribution in [1.82, 2.24) is 20.2 Å². The predicted molar refractivity (Wildman–Crippen MR) is 116 cm³/mol. The first kappa shape index (κ1) is 21.4. The summed E-state index contributed by atoms with van der Waals surface area (Å²) in [6, 6.07) is 3.41. The Bertz CT molecular complexity index is 1130. The number of pyridine rings is 2. The van der Waals surface area contributed by atoms with E-state index in [0.29, 0.717) is 40.5 Å². The number of carbonyl (C=O) groups is 1. The average Bonchev–Trinajstić information content (AvgIpc) is 3.13. The van der Waals surface area contributed by atoms with Crippen LogP contribution in [0.1, 0.15) is 35.8 Å². The molecule has 1 saturated carbocycles. The maximum Gasteiger partial charge on any atom is 0.296 e. The highest BCUT2D eigenvalue weighted by molar-refractivity contribution is 7.17. The smallest absolute Gasteiger partial charge is 0.296 e. The second-order valence-corrected chi connectivity index (χ2v) is 8.88. The van der Waals surface area contributed by atoms with Gasteiger partial charge in [0, 0.05) is 35.9 Å². The first-order valence-electron chi connectivity index (χ1n) is 9.44. The van der Waals surface area contributed by atoms with Crippen molar-refractivity contribution in [1.29, 1.82) is 0 Å². The van der Waals surface area contributed by atoms with Crippen molar-refractivity contribution in [2.24, 2.45) is 0 Å². The molecular weight excluding hydrogens is 442 g/mol. The summed E-state index contributed by atoms with van der Waals surface area (Å²) in [5, 5.41) is 21.4. The molecule has 0 aromatic carbocycles. The molecule has 9 nitrogen and oxygen atoms in total. The molecule has 0 bridgehead atoms. The molecule has 1 aliphatic carbocycles. The van der Waals surface area contributed by atoms with Gasteiger partial charge in [0.15, 0.2) is 0 Å². The Labute approximate surface area is 187 Å². The second kappa shape index (κ2) is 8.37. The summed E-state index contributed by atoms with van der Waals surface area (Å²) in [4.78, 5) is 21.3. The molecule has 0 saturated heterocycles. The van der Waals surface area contributed by atoms with Crippen LogP contribution in [0.3, 0.4) is 0 Å². The van der Waals surface area contributed by atoms with Gasteiger partial charge in [-0.2, -0.15) is 0 Å². The van der Waals surface area contributed by atoms with E-state index in [1.807, 2.05) is 6.92 Å². The van der Waals surface area contributed by atoms with Crippen LogP contribution >= 0.6 is 22.9 Å². The lowest BCUT2D eigenvalue weighted by molar-refractivity contribution is -0.0892. The molecule has 2 N–H and O–H groups in total. The third kappa shape index (κ3) is 4.76. The van der Waals surface area contributed by atoms with Crippen molar-refractivity contribution in [3.05, 3.63) is 40.9 Å². The van der Waals surface area contributed by atoms with Gasteiger partial charge < -0.3 is 14.6 Å². The third-order valence-electron chi connectivity index (χ3n) is 4.86. The maximum atomic E-state index is 13.0. The molecule has 3 aromatic rings. The number of ether oxygens (including phenoxy) is 2. The highest BCUT2D eigenvalue weighted by atomic mass is 35.5. The lowest BCUT2D eigenvalue weighted by Crippen LogP contribution is -2.47. The van der Waals surface area contributed by atoms with Crippen LogP contribution in [0, 0.1) is 6.92 Å². The molecule has 0 unspecified atom stereocenters. The standard InChI is InChI=1S/C20H20ClN5O4S/c1-10-4-12(13-5-16(21)23-9-15(13)29-3)14(8-22-10)17(27)24-18-25-26-19(31-18)30-11-6-20(2,28)7-11/h4-5,8-9,11,28H,6-7H2,1-3H3,(H,24,25,27).